The molecule has 0 radical (unpaired) electrons. The number of carbonyl (C=O) groups is 1. The fraction of sp³-hybridized carbons (Fsp3) is 0.318. The molecule has 1 N–H and O–H groups in total. The van der Waals surface area contributed by atoms with E-state index in [2.05, 4.69) is 23.5 Å². The number of para-hydroxylation sites is 1. The van der Waals surface area contributed by atoms with Gasteiger partial charge in [0, 0.05) is 18.5 Å². The zero-order valence-corrected chi connectivity index (χ0v) is 15.7. The monoisotopic (exact) mass is 364 g/mol. The van der Waals surface area contributed by atoms with Gasteiger partial charge in [-0.25, -0.2) is 4.79 Å². The van der Waals surface area contributed by atoms with Crippen LogP contribution in [-0.4, -0.2) is 24.1 Å². The summed E-state index contributed by atoms with van der Waals surface area (Å²) in [6, 6.07) is 15.8. The third-order valence-corrected chi connectivity index (χ3v) is 5.01. The van der Waals surface area contributed by atoms with Crippen LogP contribution in [0.5, 0.6) is 5.75 Å². The van der Waals surface area contributed by atoms with Gasteiger partial charge in [-0.1, -0.05) is 36.4 Å². The van der Waals surface area contributed by atoms with Crippen LogP contribution < -0.4 is 10.1 Å². The van der Waals surface area contributed by atoms with Gasteiger partial charge in [-0.15, -0.1) is 0 Å². The molecule has 3 aromatic rings. The van der Waals surface area contributed by atoms with Gasteiger partial charge < -0.3 is 19.4 Å². The topological polar surface area (TPSA) is 54.7 Å². The first-order valence-electron chi connectivity index (χ1n) is 9.43. The Morgan fingerprint density at radius 2 is 2.04 bits per heavy atom. The quantitative estimate of drug-likeness (QED) is 0.732. The number of furan rings is 1. The molecule has 0 fully saturated rings. The van der Waals surface area contributed by atoms with Crippen molar-refractivity contribution in [2.24, 2.45) is 0 Å². The van der Waals surface area contributed by atoms with Gasteiger partial charge in [-0.3, -0.25) is 0 Å². The van der Waals surface area contributed by atoms with Gasteiger partial charge in [-0.05, 0) is 43.5 Å². The van der Waals surface area contributed by atoms with E-state index in [1.807, 2.05) is 49.1 Å². The maximum Gasteiger partial charge on any atom is 0.318 e. The van der Waals surface area contributed by atoms with E-state index in [-0.39, 0.29) is 12.1 Å². The number of rotatable bonds is 4. The number of benzene rings is 2. The Hall–Kier alpha value is -2.95. The fourth-order valence-electron chi connectivity index (χ4n) is 3.56. The van der Waals surface area contributed by atoms with Crippen molar-refractivity contribution in [2.45, 2.75) is 32.9 Å². The number of nitrogens with zero attached hydrogens (tertiary/aromatic N) is 1. The summed E-state index contributed by atoms with van der Waals surface area (Å²) in [5.41, 5.74) is 3.27. The highest BCUT2D eigenvalue weighted by Gasteiger charge is 2.23. The molecule has 4 rings (SSSR count). The average molecular weight is 364 g/mol. The molecular weight excluding hydrogens is 340 g/mol. The van der Waals surface area contributed by atoms with Gasteiger partial charge in [0.2, 0.25) is 0 Å². The second kappa shape index (κ2) is 7.35. The highest BCUT2D eigenvalue weighted by Crippen LogP contribution is 2.31. The van der Waals surface area contributed by atoms with E-state index in [1.165, 1.54) is 11.1 Å². The molecule has 5 heteroatoms. The molecule has 1 aliphatic rings. The Morgan fingerprint density at radius 1 is 1.22 bits per heavy atom. The smallest absolute Gasteiger partial charge is 0.318 e. The average Bonchev–Trinajstić information content (AvgIpc) is 3.13. The summed E-state index contributed by atoms with van der Waals surface area (Å²) < 4.78 is 11.6. The van der Waals surface area contributed by atoms with Crippen molar-refractivity contribution in [2.75, 3.05) is 13.2 Å². The third kappa shape index (κ3) is 3.50. The number of urea groups is 1. The molecular formula is C22H24N2O3. The molecule has 0 saturated carbocycles. The Balaban J connectivity index is 1.47. The Morgan fingerprint density at radius 3 is 2.85 bits per heavy atom. The Kier molecular flexibility index (Phi) is 4.75. The van der Waals surface area contributed by atoms with Gasteiger partial charge in [0.1, 0.15) is 5.76 Å². The van der Waals surface area contributed by atoms with E-state index in [1.54, 1.807) is 0 Å². The lowest BCUT2D eigenvalue weighted by atomic mass is 10.0. The van der Waals surface area contributed by atoms with Gasteiger partial charge in [0.15, 0.2) is 11.3 Å². The molecule has 5 nitrogen and oxygen atoms in total. The highest BCUT2D eigenvalue weighted by atomic mass is 16.5. The first kappa shape index (κ1) is 17.5. The van der Waals surface area contributed by atoms with Gasteiger partial charge in [0.05, 0.1) is 12.6 Å². The summed E-state index contributed by atoms with van der Waals surface area (Å²) in [7, 11) is 0. The maximum atomic E-state index is 12.7. The summed E-state index contributed by atoms with van der Waals surface area (Å²) >= 11 is 0. The van der Waals surface area contributed by atoms with Crippen molar-refractivity contribution in [3.63, 3.8) is 0 Å². The maximum absolute atomic E-state index is 12.7. The Bertz CT molecular complexity index is 963. The number of hydrogen-bond donors (Lipinski definition) is 1. The van der Waals surface area contributed by atoms with E-state index < -0.39 is 0 Å². The number of nitrogens with one attached hydrogen (secondary N) is 1. The minimum Gasteiger partial charge on any atom is -0.490 e. The number of carbonyl (C=O) groups excluding carboxylic acids is 1. The van der Waals surface area contributed by atoms with Crippen LogP contribution >= 0.6 is 0 Å². The first-order chi connectivity index (χ1) is 13.2. The van der Waals surface area contributed by atoms with E-state index in [0.717, 1.165) is 35.4 Å². The Labute approximate surface area is 158 Å². The normalized spacial score (nSPS) is 14.7. The van der Waals surface area contributed by atoms with E-state index in [4.69, 9.17) is 9.15 Å². The number of amides is 2. The second-order valence-electron chi connectivity index (χ2n) is 6.87. The molecule has 0 bridgehead atoms. The lowest BCUT2D eigenvalue weighted by molar-refractivity contribution is 0.187. The van der Waals surface area contributed by atoms with Crippen molar-refractivity contribution in [3.05, 3.63) is 65.4 Å². The van der Waals surface area contributed by atoms with Crippen molar-refractivity contribution in [1.82, 2.24) is 10.2 Å². The van der Waals surface area contributed by atoms with Crippen LogP contribution in [0.1, 0.15) is 36.8 Å². The van der Waals surface area contributed by atoms with Gasteiger partial charge >= 0.3 is 6.03 Å². The number of hydrogen-bond acceptors (Lipinski definition) is 3. The van der Waals surface area contributed by atoms with Crippen LogP contribution in [0.4, 0.5) is 4.79 Å². The van der Waals surface area contributed by atoms with Crippen molar-refractivity contribution >= 4 is 17.0 Å². The largest absolute Gasteiger partial charge is 0.490 e. The molecule has 1 aromatic heterocycles. The molecule has 1 atom stereocenters. The predicted molar refractivity (Wildman–Crippen MR) is 105 cm³/mol. The van der Waals surface area contributed by atoms with E-state index in [9.17, 15) is 4.79 Å². The molecule has 0 spiro atoms. The van der Waals surface area contributed by atoms with E-state index >= 15 is 0 Å². The summed E-state index contributed by atoms with van der Waals surface area (Å²) in [5, 5.41) is 4.04. The summed E-state index contributed by atoms with van der Waals surface area (Å²) in [4.78, 5) is 14.6. The van der Waals surface area contributed by atoms with Crippen molar-refractivity contribution in [1.29, 1.82) is 0 Å². The molecule has 1 unspecified atom stereocenters. The lowest BCUT2D eigenvalue weighted by Crippen LogP contribution is -2.43. The molecule has 140 valence electrons. The van der Waals surface area contributed by atoms with Crippen LogP contribution in [0, 0.1) is 0 Å². The zero-order chi connectivity index (χ0) is 18.8. The second-order valence-corrected chi connectivity index (χ2v) is 6.87. The first-order valence-corrected chi connectivity index (χ1v) is 9.43. The number of ether oxygens (including phenoxy) is 1. The summed E-state index contributed by atoms with van der Waals surface area (Å²) in [6.45, 7) is 5.83. The van der Waals surface area contributed by atoms with Crippen LogP contribution in [0.3, 0.4) is 0 Å². The SMILES string of the molecule is CCOc1cccc2cc(C(C)NC(=O)N3CCc4ccccc4C3)oc12. The minimum absolute atomic E-state index is 0.0671. The minimum atomic E-state index is -0.225. The highest BCUT2D eigenvalue weighted by molar-refractivity contribution is 5.84. The number of fused-ring (bicyclic) bond motifs is 2. The molecule has 2 aromatic carbocycles. The molecule has 0 saturated heterocycles. The van der Waals surface area contributed by atoms with Gasteiger partial charge in [-0.2, -0.15) is 0 Å². The lowest BCUT2D eigenvalue weighted by Gasteiger charge is -2.29. The standard InChI is InChI=1S/C22H24N2O3/c1-3-26-19-10-6-9-17-13-20(27-21(17)19)15(2)23-22(25)24-12-11-16-7-4-5-8-18(16)14-24/h4-10,13,15H,3,11-12,14H2,1-2H3,(H,23,25). The van der Waals surface area contributed by atoms with Crippen LogP contribution in [0.2, 0.25) is 0 Å². The fourth-order valence-corrected chi connectivity index (χ4v) is 3.56. The molecule has 2 heterocycles. The van der Waals surface area contributed by atoms with Crippen molar-refractivity contribution in [3.8, 4) is 5.75 Å². The molecule has 2 amide bonds. The van der Waals surface area contributed by atoms with E-state index in [0.29, 0.717) is 13.2 Å². The predicted octanol–water partition coefficient (Wildman–Crippen LogP) is 4.66. The van der Waals surface area contributed by atoms with Crippen LogP contribution in [-0.2, 0) is 13.0 Å². The van der Waals surface area contributed by atoms with Crippen LogP contribution in [0.15, 0.2) is 52.9 Å². The zero-order valence-electron chi connectivity index (χ0n) is 15.7. The molecule has 27 heavy (non-hydrogen) atoms. The summed E-state index contributed by atoms with van der Waals surface area (Å²) in [5.74, 6) is 1.45. The van der Waals surface area contributed by atoms with Gasteiger partial charge in [0.25, 0.3) is 0 Å². The van der Waals surface area contributed by atoms with Crippen LogP contribution in [0.25, 0.3) is 11.0 Å². The molecule has 0 aliphatic carbocycles. The molecule has 1 aliphatic heterocycles. The summed E-state index contributed by atoms with van der Waals surface area (Å²) in [6.07, 6.45) is 0.889. The van der Waals surface area contributed by atoms with Crippen molar-refractivity contribution < 1.29 is 13.9 Å². The third-order valence-electron chi connectivity index (χ3n) is 5.01.